The summed E-state index contributed by atoms with van der Waals surface area (Å²) in [6.07, 6.45) is 0. The maximum absolute atomic E-state index is 11.5. The summed E-state index contributed by atoms with van der Waals surface area (Å²) in [5.74, 6) is -0.595. The molecule has 1 saturated carbocycles. The first-order valence-electron chi connectivity index (χ1n) is 4.38. The summed E-state index contributed by atoms with van der Waals surface area (Å²) in [5, 5.41) is 8.62. The Bertz CT molecular complexity index is 244. The monoisotopic (exact) mass is 184 g/mol. The molecule has 1 saturated heterocycles. The van der Waals surface area contributed by atoms with Crippen LogP contribution < -0.4 is 5.73 Å². The number of amides is 2. The van der Waals surface area contributed by atoms with Crippen LogP contribution in [-0.4, -0.2) is 41.5 Å². The summed E-state index contributed by atoms with van der Waals surface area (Å²) in [7, 11) is 0. The average molecular weight is 184 g/mol. The first kappa shape index (κ1) is 8.65. The quantitative estimate of drug-likeness (QED) is 0.505. The largest absolute Gasteiger partial charge is 0.395 e. The lowest BCUT2D eigenvalue weighted by Crippen LogP contribution is -2.37. The number of β-amino-alcohol motifs (C(OH)–C–C–N with tert-alkyl or cyclic N) is 1. The molecule has 0 aromatic heterocycles. The van der Waals surface area contributed by atoms with Gasteiger partial charge in [0.05, 0.1) is 25.0 Å². The number of likely N-dealkylation sites (tertiary alicyclic amines) is 1. The van der Waals surface area contributed by atoms with Gasteiger partial charge in [-0.05, 0) is 12.5 Å². The van der Waals surface area contributed by atoms with E-state index in [-0.39, 0.29) is 42.7 Å². The van der Waals surface area contributed by atoms with Crippen LogP contribution in [0.15, 0.2) is 0 Å². The van der Waals surface area contributed by atoms with Gasteiger partial charge in [0.25, 0.3) is 0 Å². The summed E-state index contributed by atoms with van der Waals surface area (Å²) in [6, 6.07) is 0. The van der Waals surface area contributed by atoms with Crippen molar-refractivity contribution in [2.24, 2.45) is 23.5 Å². The molecule has 1 aliphatic carbocycles. The molecule has 2 rings (SSSR count). The number of imide groups is 1. The van der Waals surface area contributed by atoms with E-state index in [0.717, 1.165) is 4.90 Å². The average Bonchev–Trinajstić information content (AvgIpc) is 2.80. The molecule has 2 amide bonds. The van der Waals surface area contributed by atoms with Crippen molar-refractivity contribution in [3.8, 4) is 0 Å². The second-order valence-electron chi connectivity index (χ2n) is 3.50. The first-order chi connectivity index (χ1) is 6.22. The zero-order valence-electron chi connectivity index (χ0n) is 7.14. The number of piperidine rings is 1. The predicted molar refractivity (Wildman–Crippen MR) is 43.3 cm³/mol. The molecule has 0 bridgehead atoms. The molecule has 1 aliphatic heterocycles. The molecule has 2 aliphatic rings. The van der Waals surface area contributed by atoms with Gasteiger partial charge in [-0.2, -0.15) is 0 Å². The second-order valence-corrected chi connectivity index (χ2v) is 3.50. The van der Waals surface area contributed by atoms with Gasteiger partial charge in [-0.25, -0.2) is 0 Å². The van der Waals surface area contributed by atoms with Crippen LogP contribution in [0.4, 0.5) is 0 Å². The third kappa shape index (κ3) is 1.00. The minimum atomic E-state index is -0.177. The summed E-state index contributed by atoms with van der Waals surface area (Å²) < 4.78 is 0. The molecule has 0 radical (unpaired) electrons. The molecule has 2 fully saturated rings. The lowest BCUT2D eigenvalue weighted by Gasteiger charge is -2.15. The van der Waals surface area contributed by atoms with E-state index in [1.807, 2.05) is 0 Å². The lowest BCUT2D eigenvalue weighted by atomic mass is 10.2. The van der Waals surface area contributed by atoms with Crippen LogP contribution >= 0.6 is 0 Å². The SMILES string of the molecule is NCC1C2C(=O)N(CCO)C(=O)C12. The van der Waals surface area contributed by atoms with E-state index in [2.05, 4.69) is 0 Å². The molecule has 2 unspecified atom stereocenters. The Labute approximate surface area is 75.5 Å². The topological polar surface area (TPSA) is 83.6 Å². The summed E-state index contributed by atoms with van der Waals surface area (Å²) in [4.78, 5) is 24.1. The number of carbonyl (C=O) groups excluding carboxylic acids is 2. The van der Waals surface area contributed by atoms with Gasteiger partial charge in [-0.15, -0.1) is 0 Å². The van der Waals surface area contributed by atoms with Crippen molar-refractivity contribution in [3.63, 3.8) is 0 Å². The molecule has 5 heteroatoms. The van der Waals surface area contributed by atoms with Crippen LogP contribution in [0.1, 0.15) is 0 Å². The molecule has 1 heterocycles. The van der Waals surface area contributed by atoms with Crippen molar-refractivity contribution in [1.82, 2.24) is 4.90 Å². The fraction of sp³-hybridized carbons (Fsp3) is 0.750. The van der Waals surface area contributed by atoms with Crippen molar-refractivity contribution >= 4 is 11.8 Å². The Balaban J connectivity index is 2.08. The summed E-state index contributed by atoms with van der Waals surface area (Å²) in [6.45, 7) is 0.367. The standard InChI is InChI=1S/C8H12N2O3/c9-3-4-5-6(4)8(13)10(1-2-11)7(5)12/h4-6,11H,1-3,9H2. The van der Waals surface area contributed by atoms with Crippen molar-refractivity contribution in [3.05, 3.63) is 0 Å². The van der Waals surface area contributed by atoms with Crippen molar-refractivity contribution in [2.75, 3.05) is 19.7 Å². The fourth-order valence-corrected chi connectivity index (χ4v) is 2.13. The van der Waals surface area contributed by atoms with E-state index in [1.165, 1.54) is 0 Å². The number of fused-ring (bicyclic) bond motifs is 1. The molecular formula is C8H12N2O3. The molecule has 72 valence electrons. The van der Waals surface area contributed by atoms with Gasteiger partial charge in [0.2, 0.25) is 11.8 Å². The van der Waals surface area contributed by atoms with E-state index >= 15 is 0 Å². The molecule has 0 aromatic rings. The van der Waals surface area contributed by atoms with E-state index in [1.54, 1.807) is 0 Å². The van der Waals surface area contributed by atoms with Crippen LogP contribution in [0.3, 0.4) is 0 Å². The number of hydrogen-bond donors (Lipinski definition) is 2. The third-order valence-electron chi connectivity index (χ3n) is 2.87. The van der Waals surface area contributed by atoms with Gasteiger partial charge in [-0.1, -0.05) is 0 Å². The Morgan fingerprint density at radius 2 is 1.85 bits per heavy atom. The highest BCUT2D eigenvalue weighted by Crippen LogP contribution is 2.52. The number of hydrogen-bond acceptors (Lipinski definition) is 4. The van der Waals surface area contributed by atoms with Crippen molar-refractivity contribution < 1.29 is 14.7 Å². The van der Waals surface area contributed by atoms with Crippen LogP contribution in [0, 0.1) is 17.8 Å². The lowest BCUT2D eigenvalue weighted by molar-refractivity contribution is -0.142. The zero-order valence-corrected chi connectivity index (χ0v) is 7.14. The first-order valence-corrected chi connectivity index (χ1v) is 4.38. The van der Waals surface area contributed by atoms with Crippen molar-refractivity contribution in [2.45, 2.75) is 0 Å². The second kappa shape index (κ2) is 2.78. The Kier molecular flexibility index (Phi) is 1.85. The minimum Gasteiger partial charge on any atom is -0.395 e. The van der Waals surface area contributed by atoms with E-state index < -0.39 is 0 Å². The molecule has 0 aromatic carbocycles. The molecule has 3 N–H and O–H groups in total. The zero-order chi connectivity index (χ0) is 9.59. The smallest absolute Gasteiger partial charge is 0.233 e. The Morgan fingerprint density at radius 1 is 1.31 bits per heavy atom. The molecule has 13 heavy (non-hydrogen) atoms. The fourth-order valence-electron chi connectivity index (χ4n) is 2.13. The normalized spacial score (nSPS) is 36.8. The number of aliphatic hydroxyl groups is 1. The summed E-state index contributed by atoms with van der Waals surface area (Å²) >= 11 is 0. The Morgan fingerprint density at radius 3 is 2.23 bits per heavy atom. The highest BCUT2D eigenvalue weighted by Gasteiger charge is 2.66. The Hall–Kier alpha value is -0.940. The van der Waals surface area contributed by atoms with Crippen LogP contribution in [0.5, 0.6) is 0 Å². The number of aliphatic hydroxyl groups excluding tert-OH is 1. The van der Waals surface area contributed by atoms with Gasteiger partial charge in [0.15, 0.2) is 0 Å². The van der Waals surface area contributed by atoms with Crippen molar-refractivity contribution in [1.29, 1.82) is 0 Å². The number of nitrogens with zero attached hydrogens (tertiary/aromatic N) is 1. The van der Waals surface area contributed by atoms with Gasteiger partial charge in [0.1, 0.15) is 0 Å². The van der Waals surface area contributed by atoms with Gasteiger partial charge in [0, 0.05) is 0 Å². The van der Waals surface area contributed by atoms with Crippen LogP contribution in [0.25, 0.3) is 0 Å². The molecular weight excluding hydrogens is 172 g/mol. The van der Waals surface area contributed by atoms with Gasteiger partial charge < -0.3 is 10.8 Å². The maximum atomic E-state index is 11.5. The molecule has 0 spiro atoms. The van der Waals surface area contributed by atoms with E-state index in [9.17, 15) is 9.59 Å². The number of nitrogens with two attached hydrogens (primary N) is 1. The van der Waals surface area contributed by atoms with Gasteiger partial charge in [-0.3, -0.25) is 14.5 Å². The van der Waals surface area contributed by atoms with Crippen LogP contribution in [0.2, 0.25) is 0 Å². The highest BCUT2D eigenvalue weighted by molar-refractivity contribution is 6.09. The number of carbonyl (C=O) groups is 2. The predicted octanol–water partition coefficient (Wildman–Crippen LogP) is -1.83. The summed E-state index contributed by atoms with van der Waals surface area (Å²) in [5.41, 5.74) is 5.40. The molecule has 5 nitrogen and oxygen atoms in total. The molecule has 2 atom stereocenters. The maximum Gasteiger partial charge on any atom is 0.233 e. The number of rotatable bonds is 3. The van der Waals surface area contributed by atoms with Crippen LogP contribution in [-0.2, 0) is 9.59 Å². The minimum absolute atomic E-state index is 0.0648. The highest BCUT2D eigenvalue weighted by atomic mass is 16.3. The van der Waals surface area contributed by atoms with E-state index in [4.69, 9.17) is 10.8 Å². The van der Waals surface area contributed by atoms with Gasteiger partial charge >= 0.3 is 0 Å². The van der Waals surface area contributed by atoms with E-state index in [0.29, 0.717) is 6.54 Å². The third-order valence-corrected chi connectivity index (χ3v) is 2.87.